The fourth-order valence-electron chi connectivity index (χ4n) is 3.80. The van der Waals surface area contributed by atoms with Gasteiger partial charge in [-0.25, -0.2) is 4.39 Å². The summed E-state index contributed by atoms with van der Waals surface area (Å²) in [7, 11) is 4.03. The lowest BCUT2D eigenvalue weighted by atomic mass is 9.98. The molecule has 0 atom stereocenters. The first-order chi connectivity index (χ1) is 15.4. The van der Waals surface area contributed by atoms with Crippen molar-refractivity contribution in [1.29, 1.82) is 5.26 Å². The molecule has 5 nitrogen and oxygen atoms in total. The molecular formula is C26H23FN4O. The van der Waals surface area contributed by atoms with Crippen LogP contribution in [0.4, 0.5) is 15.8 Å². The van der Waals surface area contributed by atoms with E-state index in [2.05, 4.69) is 21.6 Å². The van der Waals surface area contributed by atoms with E-state index in [0.717, 1.165) is 23.4 Å². The van der Waals surface area contributed by atoms with Gasteiger partial charge in [0.1, 0.15) is 5.82 Å². The van der Waals surface area contributed by atoms with E-state index in [0.29, 0.717) is 22.5 Å². The summed E-state index contributed by atoms with van der Waals surface area (Å²) in [5, 5.41) is 15.3. The van der Waals surface area contributed by atoms with E-state index >= 15 is 0 Å². The summed E-state index contributed by atoms with van der Waals surface area (Å²) < 4.78 is 13.7. The Bertz CT molecular complexity index is 1240. The van der Waals surface area contributed by atoms with Gasteiger partial charge >= 0.3 is 0 Å². The van der Waals surface area contributed by atoms with Crippen LogP contribution in [0.5, 0.6) is 0 Å². The molecule has 1 aliphatic rings. The number of amides is 1. The molecule has 1 amide bonds. The molecule has 0 radical (unpaired) electrons. The minimum absolute atomic E-state index is 0.268. The third-order valence-electron chi connectivity index (χ3n) is 5.20. The first kappa shape index (κ1) is 21.3. The van der Waals surface area contributed by atoms with Crippen LogP contribution in [0, 0.1) is 17.1 Å². The lowest BCUT2D eigenvalue weighted by molar-refractivity contribution is -0.110. The van der Waals surface area contributed by atoms with Crippen LogP contribution in [0.25, 0.3) is 11.3 Å². The second-order valence-corrected chi connectivity index (χ2v) is 7.99. The number of hydrogen-bond donors (Lipinski definition) is 2. The first-order valence-electron chi connectivity index (χ1n) is 10.3. The van der Waals surface area contributed by atoms with Crippen molar-refractivity contribution in [3.8, 4) is 6.07 Å². The molecule has 4 rings (SSSR count). The van der Waals surface area contributed by atoms with Gasteiger partial charge in [0.05, 0.1) is 29.4 Å². The molecule has 1 heterocycles. The van der Waals surface area contributed by atoms with Crippen molar-refractivity contribution in [3.05, 3.63) is 94.8 Å². The van der Waals surface area contributed by atoms with E-state index in [1.54, 1.807) is 6.07 Å². The van der Waals surface area contributed by atoms with Crippen molar-refractivity contribution in [3.63, 3.8) is 0 Å². The van der Waals surface area contributed by atoms with Crippen LogP contribution < -0.4 is 10.6 Å². The van der Waals surface area contributed by atoms with Gasteiger partial charge in [0.2, 0.25) is 0 Å². The average molecular weight is 426 g/mol. The Labute approximate surface area is 186 Å². The van der Waals surface area contributed by atoms with Crippen molar-refractivity contribution in [2.45, 2.75) is 13.0 Å². The molecule has 0 saturated heterocycles. The Morgan fingerprint density at radius 2 is 1.84 bits per heavy atom. The van der Waals surface area contributed by atoms with Crippen LogP contribution in [-0.4, -0.2) is 24.9 Å². The zero-order valence-electron chi connectivity index (χ0n) is 17.9. The van der Waals surface area contributed by atoms with Crippen molar-refractivity contribution in [2.24, 2.45) is 0 Å². The Kier molecular flexibility index (Phi) is 6.02. The summed E-state index contributed by atoms with van der Waals surface area (Å²) in [6.45, 7) is 0.825. The Balaban J connectivity index is 1.82. The smallest absolute Gasteiger partial charge is 0.258 e. The first-order valence-corrected chi connectivity index (χ1v) is 10.3. The lowest BCUT2D eigenvalue weighted by Gasteiger charge is -2.16. The number of anilines is 2. The highest BCUT2D eigenvalue weighted by Crippen LogP contribution is 2.38. The number of carbonyl (C=O) groups excluding carboxylic acids is 1. The summed E-state index contributed by atoms with van der Waals surface area (Å²) in [5.41, 5.74) is 5.74. The molecule has 3 aromatic rings. The van der Waals surface area contributed by atoms with Crippen LogP contribution >= 0.6 is 0 Å². The van der Waals surface area contributed by atoms with Crippen LogP contribution in [0.15, 0.2) is 66.7 Å². The Morgan fingerprint density at radius 1 is 1.06 bits per heavy atom. The maximum Gasteiger partial charge on any atom is 0.258 e. The third kappa shape index (κ3) is 4.53. The number of fused-ring (bicyclic) bond motifs is 1. The van der Waals surface area contributed by atoms with Crippen molar-refractivity contribution >= 4 is 28.6 Å². The van der Waals surface area contributed by atoms with Gasteiger partial charge in [-0.1, -0.05) is 30.3 Å². The van der Waals surface area contributed by atoms with Crippen molar-refractivity contribution < 1.29 is 9.18 Å². The number of carbonyl (C=O) groups is 1. The highest BCUT2D eigenvalue weighted by molar-refractivity contribution is 6.37. The maximum absolute atomic E-state index is 13.7. The van der Waals surface area contributed by atoms with Gasteiger partial charge in [0.25, 0.3) is 5.91 Å². The van der Waals surface area contributed by atoms with E-state index in [-0.39, 0.29) is 12.3 Å². The van der Waals surface area contributed by atoms with Crippen LogP contribution in [0.2, 0.25) is 0 Å². The maximum atomic E-state index is 13.7. The summed E-state index contributed by atoms with van der Waals surface area (Å²) >= 11 is 0. The van der Waals surface area contributed by atoms with Gasteiger partial charge in [-0.05, 0) is 67.2 Å². The second-order valence-electron chi connectivity index (χ2n) is 7.99. The number of rotatable bonds is 6. The number of nitrogens with zero attached hydrogens (tertiary/aromatic N) is 2. The van der Waals surface area contributed by atoms with E-state index in [9.17, 15) is 9.18 Å². The number of benzene rings is 3. The van der Waals surface area contributed by atoms with Crippen molar-refractivity contribution in [2.75, 3.05) is 24.7 Å². The summed E-state index contributed by atoms with van der Waals surface area (Å²) in [4.78, 5) is 15.0. The number of nitrogens with one attached hydrogen (secondary N) is 2. The van der Waals surface area contributed by atoms with E-state index < -0.39 is 5.82 Å². The molecule has 0 unspecified atom stereocenters. The van der Waals surface area contributed by atoms with E-state index in [1.807, 2.05) is 62.6 Å². The Hall–Kier alpha value is -3.95. The summed E-state index contributed by atoms with van der Waals surface area (Å²) in [6, 6.07) is 22.0. The fourth-order valence-corrected chi connectivity index (χ4v) is 3.80. The molecule has 32 heavy (non-hydrogen) atoms. The molecular weight excluding hydrogens is 403 g/mol. The molecule has 6 heteroatoms. The molecule has 0 aromatic heterocycles. The number of halogens is 1. The predicted molar refractivity (Wildman–Crippen MR) is 125 cm³/mol. The molecule has 0 aliphatic carbocycles. The molecule has 0 fully saturated rings. The van der Waals surface area contributed by atoms with Crippen LogP contribution in [0.3, 0.4) is 0 Å². The van der Waals surface area contributed by atoms with Gasteiger partial charge in [-0.3, -0.25) is 4.79 Å². The highest BCUT2D eigenvalue weighted by Gasteiger charge is 2.29. The SMILES string of the molecule is CN(C)Cc1ccc(NC(=C2C(=O)Nc3cc(F)ccc32)c2cccc(CC#N)c2)cc1. The second kappa shape index (κ2) is 9.04. The van der Waals surface area contributed by atoms with Crippen LogP contribution in [0.1, 0.15) is 22.3 Å². The monoisotopic (exact) mass is 426 g/mol. The topological polar surface area (TPSA) is 68.2 Å². The minimum atomic E-state index is -0.410. The summed E-state index contributed by atoms with van der Waals surface area (Å²) in [5.74, 6) is -0.713. The number of nitriles is 1. The quantitative estimate of drug-likeness (QED) is 0.551. The molecule has 2 N–H and O–H groups in total. The Morgan fingerprint density at radius 3 is 2.56 bits per heavy atom. The van der Waals surface area contributed by atoms with Gasteiger partial charge in [-0.2, -0.15) is 5.26 Å². The molecule has 160 valence electrons. The zero-order valence-corrected chi connectivity index (χ0v) is 17.9. The summed E-state index contributed by atoms with van der Waals surface area (Å²) in [6.07, 6.45) is 0.268. The zero-order chi connectivity index (χ0) is 22.7. The molecule has 0 spiro atoms. The normalized spacial score (nSPS) is 14.0. The van der Waals surface area contributed by atoms with E-state index in [4.69, 9.17) is 5.26 Å². The standard InChI is InChI=1S/C26H23FN4O/c1-31(2)16-18-6-9-21(10-7-18)29-25(19-5-3-4-17(14-19)12-13-28)24-22-11-8-20(27)15-23(22)30-26(24)32/h3-11,14-15,29H,12,16H2,1-2H3,(H,30,32). The third-order valence-corrected chi connectivity index (χ3v) is 5.20. The van der Waals surface area contributed by atoms with Crippen molar-refractivity contribution in [1.82, 2.24) is 4.90 Å². The van der Waals surface area contributed by atoms with Gasteiger partial charge < -0.3 is 15.5 Å². The average Bonchev–Trinajstić information content (AvgIpc) is 3.08. The molecule has 3 aromatic carbocycles. The highest BCUT2D eigenvalue weighted by atomic mass is 19.1. The van der Waals surface area contributed by atoms with E-state index in [1.165, 1.54) is 17.7 Å². The largest absolute Gasteiger partial charge is 0.354 e. The van der Waals surface area contributed by atoms with Gasteiger partial charge in [0.15, 0.2) is 0 Å². The minimum Gasteiger partial charge on any atom is -0.354 e. The van der Waals surface area contributed by atoms with Crippen LogP contribution in [-0.2, 0) is 17.8 Å². The molecule has 0 bridgehead atoms. The fraction of sp³-hybridized carbons (Fsp3) is 0.154. The number of hydrogen-bond acceptors (Lipinski definition) is 4. The lowest BCUT2D eigenvalue weighted by Crippen LogP contribution is -2.11. The molecule has 1 aliphatic heterocycles. The predicted octanol–water partition coefficient (Wildman–Crippen LogP) is 4.89. The van der Waals surface area contributed by atoms with Gasteiger partial charge in [-0.15, -0.1) is 0 Å². The van der Waals surface area contributed by atoms with Gasteiger partial charge in [0, 0.05) is 17.8 Å². The molecule has 0 saturated carbocycles.